The fraction of sp³-hybridized carbons (Fsp3) is 0.308. The van der Waals surface area contributed by atoms with Gasteiger partial charge in [0.05, 0.1) is 6.20 Å². The molecule has 0 radical (unpaired) electrons. The van der Waals surface area contributed by atoms with Gasteiger partial charge in [-0.2, -0.15) is 0 Å². The molecule has 2 aromatic rings. The van der Waals surface area contributed by atoms with Crippen molar-refractivity contribution in [2.45, 2.75) is 13.3 Å². The van der Waals surface area contributed by atoms with E-state index in [1.807, 2.05) is 38.4 Å². The molecule has 3 rings (SSSR count). The summed E-state index contributed by atoms with van der Waals surface area (Å²) >= 11 is 0. The monoisotopic (exact) mass is 227 g/mol. The van der Waals surface area contributed by atoms with Gasteiger partial charge in [-0.1, -0.05) is 30.3 Å². The van der Waals surface area contributed by atoms with E-state index < -0.39 is 0 Å². The quantitative estimate of drug-likeness (QED) is 0.747. The van der Waals surface area contributed by atoms with Gasteiger partial charge in [-0.3, -0.25) is 9.48 Å². The minimum absolute atomic E-state index is 0.0859. The molecule has 0 N–H and O–H groups in total. The average Bonchev–Trinajstić information content (AvgIpc) is 2.85. The summed E-state index contributed by atoms with van der Waals surface area (Å²) in [6.07, 6.45) is 2.68. The molecular weight excluding hydrogens is 214 g/mol. The van der Waals surface area contributed by atoms with Gasteiger partial charge in [0.15, 0.2) is 5.78 Å². The van der Waals surface area contributed by atoms with Crippen molar-refractivity contribution < 1.29 is 4.79 Å². The Morgan fingerprint density at radius 2 is 2.12 bits per heavy atom. The van der Waals surface area contributed by atoms with Gasteiger partial charge in [-0.25, -0.2) is 0 Å². The molecule has 0 fully saturated rings. The van der Waals surface area contributed by atoms with E-state index in [0.29, 0.717) is 0 Å². The zero-order valence-corrected chi connectivity index (χ0v) is 9.84. The van der Waals surface area contributed by atoms with Crippen molar-refractivity contribution in [2.75, 3.05) is 0 Å². The van der Waals surface area contributed by atoms with Crippen LogP contribution in [-0.4, -0.2) is 20.8 Å². The van der Waals surface area contributed by atoms with Gasteiger partial charge in [0.25, 0.3) is 0 Å². The van der Waals surface area contributed by atoms with Gasteiger partial charge in [-0.15, -0.1) is 5.10 Å². The molecule has 0 spiro atoms. The summed E-state index contributed by atoms with van der Waals surface area (Å²) in [4.78, 5) is 11.9. The van der Waals surface area contributed by atoms with Crippen molar-refractivity contribution in [3.05, 3.63) is 35.5 Å². The molecule has 86 valence electrons. The summed E-state index contributed by atoms with van der Waals surface area (Å²) in [5.74, 6) is 0.327. The Hall–Kier alpha value is -1.97. The van der Waals surface area contributed by atoms with Crippen molar-refractivity contribution in [1.29, 1.82) is 0 Å². The number of Topliss-reactive ketones (excluding diaryl/α,β-unsaturated/α-hetero) is 1. The maximum Gasteiger partial charge on any atom is 0.166 e. The second-order valence-corrected chi connectivity index (χ2v) is 4.58. The predicted molar refractivity (Wildman–Crippen MR) is 63.6 cm³/mol. The number of aryl methyl sites for hydroxylation is 1. The first kappa shape index (κ1) is 10.2. The minimum Gasteiger partial charge on any atom is -0.294 e. The van der Waals surface area contributed by atoms with Gasteiger partial charge in [0.1, 0.15) is 5.69 Å². The highest BCUT2D eigenvalue weighted by Crippen LogP contribution is 2.33. The smallest absolute Gasteiger partial charge is 0.166 e. The lowest BCUT2D eigenvalue weighted by Gasteiger charge is -2.03. The van der Waals surface area contributed by atoms with Gasteiger partial charge >= 0.3 is 0 Å². The molecule has 1 atom stereocenters. The Bertz CT molecular complexity index is 600. The first-order valence-corrected chi connectivity index (χ1v) is 5.69. The zero-order valence-electron chi connectivity index (χ0n) is 9.84. The summed E-state index contributed by atoms with van der Waals surface area (Å²) < 4.78 is 1.68. The first-order chi connectivity index (χ1) is 8.16. The summed E-state index contributed by atoms with van der Waals surface area (Å²) in [5, 5.41) is 8.05. The van der Waals surface area contributed by atoms with Crippen molar-refractivity contribution >= 4 is 5.78 Å². The van der Waals surface area contributed by atoms with Gasteiger partial charge in [0, 0.05) is 24.1 Å². The lowest BCUT2D eigenvalue weighted by Crippen LogP contribution is -2.02. The molecule has 1 unspecified atom stereocenters. The standard InChI is InChI=1S/C13H13N3O/c1-8-6-11-9(12-7-16(2)15-14-12)4-3-5-10(11)13(8)17/h3-5,7-8H,6H2,1-2H3. The van der Waals surface area contributed by atoms with Crippen LogP contribution >= 0.6 is 0 Å². The molecule has 1 aliphatic carbocycles. The lowest BCUT2D eigenvalue weighted by atomic mass is 10.0. The number of ketones is 1. The predicted octanol–water partition coefficient (Wildman–Crippen LogP) is 1.86. The molecule has 0 amide bonds. The fourth-order valence-corrected chi connectivity index (χ4v) is 2.41. The summed E-state index contributed by atoms with van der Waals surface area (Å²) in [6, 6.07) is 5.83. The number of rotatable bonds is 1. The highest BCUT2D eigenvalue weighted by molar-refractivity contribution is 6.03. The van der Waals surface area contributed by atoms with Crippen LogP contribution in [0.25, 0.3) is 11.3 Å². The van der Waals surface area contributed by atoms with Gasteiger partial charge < -0.3 is 0 Å². The molecule has 0 saturated heterocycles. The number of hydrogen-bond donors (Lipinski definition) is 0. The van der Waals surface area contributed by atoms with E-state index in [9.17, 15) is 4.79 Å². The number of hydrogen-bond acceptors (Lipinski definition) is 3. The molecule has 17 heavy (non-hydrogen) atoms. The van der Waals surface area contributed by atoms with E-state index in [4.69, 9.17) is 0 Å². The number of benzene rings is 1. The minimum atomic E-state index is 0.0859. The topological polar surface area (TPSA) is 47.8 Å². The highest BCUT2D eigenvalue weighted by Gasteiger charge is 2.29. The molecular formula is C13H13N3O. The Balaban J connectivity index is 2.18. The van der Waals surface area contributed by atoms with Crippen LogP contribution < -0.4 is 0 Å². The molecule has 1 aromatic carbocycles. The van der Waals surface area contributed by atoms with E-state index >= 15 is 0 Å². The first-order valence-electron chi connectivity index (χ1n) is 5.69. The highest BCUT2D eigenvalue weighted by atomic mass is 16.1. The van der Waals surface area contributed by atoms with Gasteiger partial charge in [0.2, 0.25) is 0 Å². The van der Waals surface area contributed by atoms with E-state index in [2.05, 4.69) is 10.3 Å². The third kappa shape index (κ3) is 1.48. The largest absolute Gasteiger partial charge is 0.294 e. The second-order valence-electron chi connectivity index (χ2n) is 4.58. The number of nitrogens with zero attached hydrogens (tertiary/aromatic N) is 3. The van der Waals surface area contributed by atoms with E-state index in [1.54, 1.807) is 4.68 Å². The van der Waals surface area contributed by atoms with Crippen LogP contribution in [0, 0.1) is 5.92 Å². The molecule has 0 bridgehead atoms. The number of aromatic nitrogens is 3. The average molecular weight is 227 g/mol. The number of fused-ring (bicyclic) bond motifs is 1. The van der Waals surface area contributed by atoms with Crippen molar-refractivity contribution in [3.63, 3.8) is 0 Å². The molecule has 1 aromatic heterocycles. The normalized spacial score (nSPS) is 18.5. The maximum atomic E-state index is 11.9. The van der Waals surface area contributed by atoms with Crippen LogP contribution in [0.1, 0.15) is 22.8 Å². The molecule has 0 saturated carbocycles. The van der Waals surface area contributed by atoms with Crippen LogP contribution in [0.4, 0.5) is 0 Å². The molecule has 1 heterocycles. The van der Waals surface area contributed by atoms with Crippen LogP contribution in [0.5, 0.6) is 0 Å². The number of carbonyl (C=O) groups is 1. The van der Waals surface area contributed by atoms with Crippen molar-refractivity contribution in [1.82, 2.24) is 15.0 Å². The Labute approximate surface area is 99.3 Å². The fourth-order valence-electron chi connectivity index (χ4n) is 2.41. The molecule has 4 heteroatoms. The van der Waals surface area contributed by atoms with Crippen LogP contribution in [0.2, 0.25) is 0 Å². The summed E-state index contributed by atoms with van der Waals surface area (Å²) in [7, 11) is 1.84. The summed E-state index contributed by atoms with van der Waals surface area (Å²) in [6.45, 7) is 1.97. The number of carbonyl (C=O) groups excluding carboxylic acids is 1. The lowest BCUT2D eigenvalue weighted by molar-refractivity contribution is 0.0946. The Kier molecular flexibility index (Phi) is 2.11. The van der Waals surface area contributed by atoms with E-state index in [0.717, 1.165) is 28.8 Å². The van der Waals surface area contributed by atoms with Crippen molar-refractivity contribution in [3.8, 4) is 11.3 Å². The second kappa shape index (κ2) is 3.52. The van der Waals surface area contributed by atoms with Crippen molar-refractivity contribution in [2.24, 2.45) is 13.0 Å². The Morgan fingerprint density at radius 1 is 1.35 bits per heavy atom. The van der Waals surface area contributed by atoms with E-state index in [1.165, 1.54) is 0 Å². The third-order valence-corrected chi connectivity index (χ3v) is 3.28. The van der Waals surface area contributed by atoms with Crippen LogP contribution in [-0.2, 0) is 13.5 Å². The third-order valence-electron chi connectivity index (χ3n) is 3.28. The Morgan fingerprint density at radius 3 is 2.82 bits per heavy atom. The molecule has 0 aliphatic heterocycles. The summed E-state index contributed by atoms with van der Waals surface area (Å²) in [5.41, 5.74) is 3.84. The van der Waals surface area contributed by atoms with Crippen LogP contribution in [0.3, 0.4) is 0 Å². The molecule has 1 aliphatic rings. The molecule has 4 nitrogen and oxygen atoms in total. The zero-order chi connectivity index (χ0) is 12.0. The maximum absolute atomic E-state index is 11.9. The van der Waals surface area contributed by atoms with Crippen LogP contribution in [0.15, 0.2) is 24.4 Å². The van der Waals surface area contributed by atoms with Gasteiger partial charge in [-0.05, 0) is 12.0 Å². The van der Waals surface area contributed by atoms with E-state index in [-0.39, 0.29) is 11.7 Å². The SMILES string of the molecule is CC1Cc2c(cccc2-c2cn(C)nn2)C1=O.